The van der Waals surface area contributed by atoms with Gasteiger partial charge in [-0.1, -0.05) is 20.8 Å². The number of hydrogen-bond acceptors (Lipinski definition) is 4. The molecule has 2 unspecified atom stereocenters. The second kappa shape index (κ2) is 5.15. The van der Waals surface area contributed by atoms with Crippen molar-refractivity contribution in [3.63, 3.8) is 0 Å². The molecule has 0 saturated carbocycles. The quantitative estimate of drug-likeness (QED) is 0.913. The van der Waals surface area contributed by atoms with E-state index in [9.17, 15) is 5.11 Å². The van der Waals surface area contributed by atoms with Crippen LogP contribution in [0, 0.1) is 5.41 Å². The van der Waals surface area contributed by atoms with Crippen LogP contribution in [0.4, 0.5) is 0 Å². The average Bonchev–Trinajstić information content (AvgIpc) is 2.72. The van der Waals surface area contributed by atoms with Crippen molar-refractivity contribution in [3.05, 3.63) is 15.6 Å². The Balaban J connectivity index is 2.37. The molecule has 4 heteroatoms. The normalized spacial score (nSPS) is 24.8. The lowest BCUT2D eigenvalue weighted by Crippen LogP contribution is -2.26. The molecule has 1 aliphatic rings. The van der Waals surface area contributed by atoms with E-state index >= 15 is 0 Å². The number of hydrogen-bond donors (Lipinski definition) is 1. The third kappa shape index (κ3) is 2.86. The van der Waals surface area contributed by atoms with Gasteiger partial charge in [0.2, 0.25) is 0 Å². The molecule has 0 aromatic carbocycles. The van der Waals surface area contributed by atoms with E-state index in [0.29, 0.717) is 6.61 Å². The number of ether oxygens (including phenoxy) is 1. The first kappa shape index (κ1) is 14.9. The van der Waals surface area contributed by atoms with Gasteiger partial charge in [0, 0.05) is 6.61 Å². The fourth-order valence-corrected chi connectivity index (χ4v) is 3.99. The fraction of sp³-hybridized carbons (Fsp3) is 0.800. The zero-order valence-electron chi connectivity index (χ0n) is 12.6. The van der Waals surface area contributed by atoms with E-state index in [1.807, 2.05) is 6.92 Å². The predicted octanol–water partition coefficient (Wildman–Crippen LogP) is 3.81. The van der Waals surface area contributed by atoms with Gasteiger partial charge < -0.3 is 9.84 Å². The lowest BCUT2D eigenvalue weighted by Gasteiger charge is -2.31. The number of thiazole rings is 1. The maximum absolute atomic E-state index is 10.3. The topological polar surface area (TPSA) is 42.4 Å². The molecule has 2 rings (SSSR count). The first-order chi connectivity index (χ1) is 8.81. The van der Waals surface area contributed by atoms with Crippen LogP contribution in [0.2, 0.25) is 0 Å². The largest absolute Gasteiger partial charge is 0.387 e. The van der Waals surface area contributed by atoms with Crippen molar-refractivity contribution in [3.8, 4) is 0 Å². The van der Waals surface area contributed by atoms with Gasteiger partial charge in [-0.15, -0.1) is 11.3 Å². The van der Waals surface area contributed by atoms with E-state index in [2.05, 4.69) is 27.7 Å². The second-order valence-electron chi connectivity index (χ2n) is 6.41. The van der Waals surface area contributed by atoms with Crippen LogP contribution in [0.1, 0.15) is 69.1 Å². The molecule has 0 fully saturated rings. The third-order valence-corrected chi connectivity index (χ3v) is 5.46. The summed E-state index contributed by atoms with van der Waals surface area (Å²) in [4.78, 5) is 5.84. The molecule has 3 nitrogen and oxygen atoms in total. The molecule has 0 amide bonds. The van der Waals surface area contributed by atoms with Crippen molar-refractivity contribution in [1.82, 2.24) is 4.98 Å². The van der Waals surface area contributed by atoms with Crippen molar-refractivity contribution in [1.29, 1.82) is 0 Å². The first-order valence-corrected chi connectivity index (χ1v) is 7.95. The molecule has 0 aliphatic heterocycles. The average molecular weight is 283 g/mol. The summed E-state index contributed by atoms with van der Waals surface area (Å²) in [6, 6.07) is 0. The number of aliphatic hydroxyl groups is 1. The fourth-order valence-electron chi connectivity index (χ4n) is 2.75. The molecule has 1 aromatic rings. The van der Waals surface area contributed by atoms with Gasteiger partial charge in [0.15, 0.2) is 0 Å². The highest BCUT2D eigenvalue weighted by atomic mass is 32.1. The molecule has 1 heterocycles. The van der Waals surface area contributed by atoms with Crippen LogP contribution in [0.3, 0.4) is 0 Å². The molecule has 0 radical (unpaired) electrons. The number of aliphatic hydroxyl groups excluding tert-OH is 1. The van der Waals surface area contributed by atoms with Gasteiger partial charge in [0.1, 0.15) is 10.6 Å². The summed E-state index contributed by atoms with van der Waals surface area (Å²) in [6.07, 6.45) is 2.29. The molecule has 2 atom stereocenters. The number of fused-ring (bicyclic) bond motifs is 1. The number of rotatable bonds is 4. The Morgan fingerprint density at radius 3 is 2.74 bits per heavy atom. The van der Waals surface area contributed by atoms with Gasteiger partial charge in [-0.25, -0.2) is 4.98 Å². The number of nitrogens with zero attached hydrogens (tertiary/aromatic N) is 1. The third-order valence-electron chi connectivity index (χ3n) is 4.01. The van der Waals surface area contributed by atoms with Crippen LogP contribution >= 0.6 is 11.3 Å². The van der Waals surface area contributed by atoms with Crippen LogP contribution in [0.5, 0.6) is 0 Å². The molecule has 0 spiro atoms. The maximum atomic E-state index is 10.3. The highest BCUT2D eigenvalue weighted by molar-refractivity contribution is 7.12. The maximum Gasteiger partial charge on any atom is 0.125 e. The van der Waals surface area contributed by atoms with Crippen molar-refractivity contribution in [2.45, 2.75) is 65.6 Å². The van der Waals surface area contributed by atoms with E-state index in [1.54, 1.807) is 11.3 Å². The number of aromatic nitrogens is 1. The van der Waals surface area contributed by atoms with Crippen LogP contribution < -0.4 is 0 Å². The summed E-state index contributed by atoms with van der Waals surface area (Å²) in [6.45, 7) is 11.3. The Morgan fingerprint density at radius 2 is 2.16 bits per heavy atom. The van der Waals surface area contributed by atoms with E-state index in [4.69, 9.17) is 9.72 Å². The molecule has 1 aliphatic carbocycles. The van der Waals surface area contributed by atoms with Crippen LogP contribution in [0.25, 0.3) is 0 Å². The molecular weight excluding hydrogens is 258 g/mol. The monoisotopic (exact) mass is 283 g/mol. The van der Waals surface area contributed by atoms with Gasteiger partial charge in [-0.05, 0) is 38.5 Å². The first-order valence-electron chi connectivity index (χ1n) is 7.13. The molecule has 0 saturated heterocycles. The van der Waals surface area contributed by atoms with Crippen LogP contribution in [0.15, 0.2) is 0 Å². The molecule has 1 N–H and O–H groups in total. The zero-order chi connectivity index (χ0) is 14.3. The van der Waals surface area contributed by atoms with Gasteiger partial charge >= 0.3 is 0 Å². The Kier molecular flexibility index (Phi) is 4.05. The lowest BCUT2D eigenvalue weighted by atomic mass is 9.77. The van der Waals surface area contributed by atoms with Crippen molar-refractivity contribution >= 4 is 11.3 Å². The van der Waals surface area contributed by atoms with Gasteiger partial charge in [-0.3, -0.25) is 0 Å². The summed E-state index contributed by atoms with van der Waals surface area (Å²) in [7, 11) is 0. The summed E-state index contributed by atoms with van der Waals surface area (Å²) in [5, 5.41) is 11.3. The highest BCUT2D eigenvalue weighted by Crippen LogP contribution is 2.45. The molecule has 0 bridgehead atoms. The summed E-state index contributed by atoms with van der Waals surface area (Å²) in [5.74, 6) is 0. The van der Waals surface area contributed by atoms with Gasteiger partial charge in [-0.2, -0.15) is 0 Å². The molecule has 108 valence electrons. The predicted molar refractivity (Wildman–Crippen MR) is 78.4 cm³/mol. The zero-order valence-corrected chi connectivity index (χ0v) is 13.4. The minimum absolute atomic E-state index is 0.131. The standard InChI is InChI=1S/C15H25NO2S/c1-6-15(5,18-7-2)13-16-10-8-14(3,4)9-11(17)12(10)19-13/h11,17H,6-9H2,1-5H3. The minimum atomic E-state index is -0.368. The van der Waals surface area contributed by atoms with Crippen molar-refractivity contribution in [2.24, 2.45) is 5.41 Å². The Bertz CT molecular complexity index is 455. The van der Waals surface area contributed by atoms with Crippen molar-refractivity contribution < 1.29 is 9.84 Å². The highest BCUT2D eigenvalue weighted by Gasteiger charge is 2.37. The smallest absolute Gasteiger partial charge is 0.125 e. The van der Waals surface area contributed by atoms with E-state index in [-0.39, 0.29) is 17.1 Å². The Hall–Kier alpha value is -0.450. The minimum Gasteiger partial charge on any atom is -0.387 e. The van der Waals surface area contributed by atoms with E-state index in [0.717, 1.165) is 34.8 Å². The SMILES string of the molecule is CCOC(C)(CC)c1nc2c(s1)C(O)CC(C)(C)C2. The Morgan fingerprint density at radius 1 is 1.47 bits per heavy atom. The summed E-state index contributed by atoms with van der Waals surface area (Å²) < 4.78 is 5.90. The Labute approximate surface area is 120 Å². The van der Waals surface area contributed by atoms with E-state index < -0.39 is 0 Å². The molecular formula is C15H25NO2S. The van der Waals surface area contributed by atoms with Gasteiger partial charge in [0.25, 0.3) is 0 Å². The van der Waals surface area contributed by atoms with Crippen molar-refractivity contribution in [2.75, 3.05) is 6.61 Å². The van der Waals surface area contributed by atoms with Crippen LogP contribution in [-0.2, 0) is 16.8 Å². The molecule has 19 heavy (non-hydrogen) atoms. The summed E-state index contributed by atoms with van der Waals surface area (Å²) >= 11 is 1.63. The van der Waals surface area contributed by atoms with Gasteiger partial charge in [0.05, 0.1) is 16.7 Å². The lowest BCUT2D eigenvalue weighted by molar-refractivity contribution is -0.0326. The summed E-state index contributed by atoms with van der Waals surface area (Å²) in [5.41, 5.74) is 0.884. The second-order valence-corrected chi connectivity index (χ2v) is 7.44. The van der Waals surface area contributed by atoms with E-state index in [1.165, 1.54) is 0 Å². The molecule has 1 aromatic heterocycles. The van der Waals surface area contributed by atoms with Crippen LogP contribution in [-0.4, -0.2) is 16.7 Å².